The second-order valence-electron chi connectivity index (χ2n) is 6.95. The normalized spacial score (nSPS) is 20.5. The van der Waals surface area contributed by atoms with E-state index in [-0.39, 0.29) is 28.8 Å². The second kappa shape index (κ2) is 5.24. The maximum absolute atomic E-state index is 12.5. The third-order valence-corrected chi connectivity index (χ3v) is 5.63. The van der Waals surface area contributed by atoms with Gasteiger partial charge < -0.3 is 9.47 Å². The van der Waals surface area contributed by atoms with E-state index in [0.717, 1.165) is 26.7 Å². The summed E-state index contributed by atoms with van der Waals surface area (Å²) >= 11 is 0. The Morgan fingerprint density at radius 3 is 2.54 bits per heavy atom. The van der Waals surface area contributed by atoms with Crippen LogP contribution in [0.25, 0.3) is 10.8 Å². The summed E-state index contributed by atoms with van der Waals surface area (Å²) in [5.74, 6) is 1.06. The first-order valence-corrected chi connectivity index (χ1v) is 8.65. The van der Waals surface area contributed by atoms with Gasteiger partial charge in [0.1, 0.15) is 5.75 Å². The minimum Gasteiger partial charge on any atom is -0.493 e. The van der Waals surface area contributed by atoms with Gasteiger partial charge in [-0.1, -0.05) is 30.3 Å². The molecule has 6 heteroatoms. The Labute approximate surface area is 149 Å². The van der Waals surface area contributed by atoms with Gasteiger partial charge in [0.25, 0.3) is 5.56 Å². The highest BCUT2D eigenvalue weighted by Gasteiger charge is 2.41. The van der Waals surface area contributed by atoms with E-state index in [1.807, 2.05) is 18.2 Å². The Morgan fingerprint density at radius 2 is 1.69 bits per heavy atom. The van der Waals surface area contributed by atoms with Crippen molar-refractivity contribution in [2.45, 2.75) is 11.8 Å². The van der Waals surface area contributed by atoms with Crippen molar-refractivity contribution in [2.75, 3.05) is 13.2 Å². The fourth-order valence-electron chi connectivity index (χ4n) is 4.30. The zero-order chi connectivity index (χ0) is 18.0. The van der Waals surface area contributed by atoms with Crippen molar-refractivity contribution in [1.29, 1.82) is 0 Å². The van der Waals surface area contributed by atoms with Gasteiger partial charge >= 0.3 is 5.69 Å². The molecule has 0 bridgehead atoms. The van der Waals surface area contributed by atoms with Crippen molar-refractivity contribution < 1.29 is 9.47 Å². The van der Waals surface area contributed by atoms with Crippen LogP contribution in [0.4, 0.5) is 0 Å². The first-order valence-electron chi connectivity index (χ1n) is 8.65. The third-order valence-electron chi connectivity index (χ3n) is 5.63. The van der Waals surface area contributed by atoms with Gasteiger partial charge in [0.2, 0.25) is 5.75 Å². The molecule has 3 aromatic rings. The quantitative estimate of drug-likeness (QED) is 0.621. The van der Waals surface area contributed by atoms with E-state index in [4.69, 9.17) is 9.47 Å². The summed E-state index contributed by atoms with van der Waals surface area (Å²) in [5.41, 5.74) is 0.998. The van der Waals surface area contributed by atoms with Gasteiger partial charge in [-0.25, -0.2) is 4.79 Å². The molecular weight excluding hydrogens is 332 g/mol. The van der Waals surface area contributed by atoms with Crippen molar-refractivity contribution in [3.05, 3.63) is 68.5 Å². The Kier molecular flexibility index (Phi) is 3.07. The highest BCUT2D eigenvalue weighted by molar-refractivity contribution is 5.88. The van der Waals surface area contributed by atoms with Crippen LogP contribution >= 0.6 is 0 Å². The molecule has 0 aliphatic carbocycles. The summed E-state index contributed by atoms with van der Waals surface area (Å²) in [5, 5.41) is 2.26. The number of hydrogen-bond acceptors (Lipinski definition) is 4. The van der Waals surface area contributed by atoms with Crippen LogP contribution in [0.1, 0.15) is 23.1 Å². The predicted molar refractivity (Wildman–Crippen MR) is 97.3 cm³/mol. The summed E-state index contributed by atoms with van der Waals surface area (Å²) in [6.45, 7) is 0.822. The molecule has 0 radical (unpaired) electrons. The fraction of sp³-hybridized carbons (Fsp3) is 0.300. The average molecular weight is 350 g/mol. The zero-order valence-electron chi connectivity index (χ0n) is 14.6. The van der Waals surface area contributed by atoms with Gasteiger partial charge in [-0.05, 0) is 16.8 Å². The third kappa shape index (κ3) is 1.87. The van der Waals surface area contributed by atoms with Crippen molar-refractivity contribution in [2.24, 2.45) is 14.1 Å². The smallest absolute Gasteiger partial charge is 0.330 e. The van der Waals surface area contributed by atoms with Crippen LogP contribution in [0.2, 0.25) is 0 Å². The van der Waals surface area contributed by atoms with Crippen LogP contribution < -0.4 is 20.7 Å². The maximum atomic E-state index is 12.5. The molecule has 5 rings (SSSR count). The van der Waals surface area contributed by atoms with Gasteiger partial charge in [-0.15, -0.1) is 0 Å². The standard InChI is InChI=1S/C20H18N2O4/c1-21-17-14-10-25-15-8-7-11-5-3-4-6-12(11)16(15)13(14)9-26-18(17)19(23)22(2)20(21)24/h3-8,13-14H,9-10H2,1-2H3/t13-,14-/m0/s1. The van der Waals surface area contributed by atoms with Crippen LogP contribution in [0, 0.1) is 0 Å². The summed E-state index contributed by atoms with van der Waals surface area (Å²) < 4.78 is 14.6. The molecular formula is C20H18N2O4. The molecule has 2 aliphatic heterocycles. The SMILES string of the molecule is Cn1c2c(c(=O)n(C)c1=O)OC[C@@H]1c3c(ccc4ccccc34)OC[C@H]21. The van der Waals surface area contributed by atoms with Crippen LogP contribution in [0.3, 0.4) is 0 Å². The molecule has 0 fully saturated rings. The summed E-state index contributed by atoms with van der Waals surface area (Å²) in [7, 11) is 3.16. The summed E-state index contributed by atoms with van der Waals surface area (Å²) in [6.07, 6.45) is 0. The Balaban J connectivity index is 1.78. The molecule has 26 heavy (non-hydrogen) atoms. The monoisotopic (exact) mass is 350 g/mol. The van der Waals surface area contributed by atoms with Gasteiger partial charge in [0, 0.05) is 31.5 Å². The minimum absolute atomic E-state index is 0.0371. The van der Waals surface area contributed by atoms with Crippen molar-refractivity contribution in [1.82, 2.24) is 9.13 Å². The van der Waals surface area contributed by atoms with E-state index < -0.39 is 0 Å². The lowest BCUT2D eigenvalue weighted by Gasteiger charge is -2.39. The lowest BCUT2D eigenvalue weighted by Crippen LogP contribution is -2.45. The number of aromatic nitrogens is 2. The molecule has 0 N–H and O–H groups in total. The van der Waals surface area contributed by atoms with Crippen molar-refractivity contribution in [3.8, 4) is 11.5 Å². The van der Waals surface area contributed by atoms with Crippen molar-refractivity contribution >= 4 is 10.8 Å². The van der Waals surface area contributed by atoms with Gasteiger partial charge in [-0.2, -0.15) is 0 Å². The molecule has 0 unspecified atom stereocenters. The topological polar surface area (TPSA) is 62.5 Å². The number of rotatable bonds is 0. The first-order chi connectivity index (χ1) is 12.6. The molecule has 0 saturated carbocycles. The molecule has 2 atom stereocenters. The molecule has 132 valence electrons. The molecule has 6 nitrogen and oxygen atoms in total. The van der Waals surface area contributed by atoms with E-state index in [1.165, 1.54) is 11.6 Å². The molecule has 2 aliphatic rings. The lowest BCUT2D eigenvalue weighted by atomic mass is 9.78. The van der Waals surface area contributed by atoms with E-state index in [9.17, 15) is 9.59 Å². The molecule has 3 heterocycles. The maximum Gasteiger partial charge on any atom is 0.330 e. The molecule has 0 amide bonds. The lowest BCUT2D eigenvalue weighted by molar-refractivity contribution is 0.158. The largest absolute Gasteiger partial charge is 0.493 e. The highest BCUT2D eigenvalue weighted by Crippen LogP contribution is 2.48. The number of hydrogen-bond donors (Lipinski definition) is 0. The van der Waals surface area contributed by atoms with E-state index in [1.54, 1.807) is 7.05 Å². The van der Waals surface area contributed by atoms with Crippen molar-refractivity contribution in [3.63, 3.8) is 0 Å². The van der Waals surface area contributed by atoms with E-state index in [0.29, 0.717) is 18.9 Å². The van der Waals surface area contributed by atoms with E-state index in [2.05, 4.69) is 18.2 Å². The molecule has 0 spiro atoms. The summed E-state index contributed by atoms with van der Waals surface area (Å²) in [6, 6.07) is 12.2. The van der Waals surface area contributed by atoms with Crippen LogP contribution in [0.5, 0.6) is 11.5 Å². The van der Waals surface area contributed by atoms with Crippen LogP contribution in [-0.4, -0.2) is 22.3 Å². The number of ether oxygens (including phenoxy) is 2. The Morgan fingerprint density at radius 1 is 0.923 bits per heavy atom. The molecule has 1 aromatic heterocycles. The van der Waals surface area contributed by atoms with Crippen LogP contribution in [0.15, 0.2) is 46.0 Å². The number of fused-ring (bicyclic) bond motifs is 7. The van der Waals surface area contributed by atoms with Gasteiger partial charge in [0.05, 0.1) is 18.9 Å². The fourth-order valence-corrected chi connectivity index (χ4v) is 4.30. The highest BCUT2D eigenvalue weighted by atomic mass is 16.5. The zero-order valence-corrected chi connectivity index (χ0v) is 14.6. The molecule has 0 saturated heterocycles. The Bertz CT molecular complexity index is 1170. The minimum atomic E-state index is -0.384. The number of benzene rings is 2. The second-order valence-corrected chi connectivity index (χ2v) is 6.95. The number of nitrogens with zero attached hydrogens (tertiary/aromatic N) is 2. The molecule has 2 aromatic carbocycles. The van der Waals surface area contributed by atoms with Gasteiger partial charge in [-0.3, -0.25) is 13.9 Å². The summed E-state index contributed by atoms with van der Waals surface area (Å²) in [4.78, 5) is 24.9. The first kappa shape index (κ1) is 15.3. The predicted octanol–water partition coefficient (Wildman–Crippen LogP) is 1.89. The van der Waals surface area contributed by atoms with E-state index >= 15 is 0 Å². The van der Waals surface area contributed by atoms with Crippen LogP contribution in [-0.2, 0) is 14.1 Å². The average Bonchev–Trinajstić information content (AvgIpc) is 2.69. The Hall–Kier alpha value is -3.02. The van der Waals surface area contributed by atoms with Gasteiger partial charge in [0.15, 0.2) is 0 Å².